The second-order valence-electron chi connectivity index (χ2n) is 14.5. The Labute approximate surface area is 330 Å². The van der Waals surface area contributed by atoms with Crippen molar-refractivity contribution in [2.75, 3.05) is 0 Å². The van der Waals surface area contributed by atoms with Gasteiger partial charge in [0.05, 0.1) is 22.5 Å². The Hall–Kier alpha value is -7.56. The molecule has 266 valence electrons. The van der Waals surface area contributed by atoms with Gasteiger partial charge in [-0.25, -0.2) is 19.9 Å². The van der Waals surface area contributed by atoms with E-state index in [9.17, 15) is 0 Å². The molecule has 0 unspecified atom stereocenters. The van der Waals surface area contributed by atoms with Gasteiger partial charge in [-0.05, 0) is 49.9 Å². The molecule has 0 spiro atoms. The quantitative estimate of drug-likeness (QED) is 0.160. The molecule has 2 heterocycles. The molecule has 57 heavy (non-hydrogen) atoms. The summed E-state index contributed by atoms with van der Waals surface area (Å²) in [4.78, 5) is 21.6. The number of fused-ring (bicyclic) bond motifs is 5. The van der Waals surface area contributed by atoms with E-state index < -0.39 is 5.41 Å². The van der Waals surface area contributed by atoms with Crippen molar-refractivity contribution in [3.05, 3.63) is 229 Å². The summed E-state index contributed by atoms with van der Waals surface area (Å²) in [5, 5.41) is 4.17. The zero-order chi connectivity index (χ0) is 37.8. The lowest BCUT2D eigenvalue weighted by Gasteiger charge is -2.32. The highest BCUT2D eigenvalue weighted by molar-refractivity contribution is 6.20. The molecule has 0 saturated heterocycles. The van der Waals surface area contributed by atoms with Gasteiger partial charge in [0, 0.05) is 34.0 Å². The lowest BCUT2D eigenvalue weighted by molar-refractivity contribution is 0.736. The first-order valence-electron chi connectivity index (χ1n) is 19.3. The van der Waals surface area contributed by atoms with E-state index in [1.165, 1.54) is 16.7 Å². The maximum absolute atomic E-state index is 5.71. The molecule has 2 aromatic heterocycles. The fourth-order valence-corrected chi connectivity index (χ4v) is 8.97. The van der Waals surface area contributed by atoms with E-state index in [0.717, 1.165) is 72.0 Å². The summed E-state index contributed by atoms with van der Waals surface area (Å²) in [7, 11) is 0. The molecule has 0 amide bonds. The van der Waals surface area contributed by atoms with Crippen LogP contribution in [-0.2, 0) is 5.41 Å². The van der Waals surface area contributed by atoms with Crippen LogP contribution >= 0.6 is 0 Å². The summed E-state index contributed by atoms with van der Waals surface area (Å²) in [5.74, 6) is 1.35. The zero-order valence-electron chi connectivity index (χ0n) is 30.9. The molecule has 4 heteroatoms. The molecule has 8 aromatic carbocycles. The van der Waals surface area contributed by atoms with Crippen LogP contribution in [0.15, 0.2) is 206 Å². The van der Waals surface area contributed by atoms with E-state index >= 15 is 0 Å². The second kappa shape index (κ2) is 13.3. The number of rotatable bonds is 6. The molecular weight excluding hydrogens is 693 g/mol. The fourth-order valence-electron chi connectivity index (χ4n) is 8.97. The second-order valence-corrected chi connectivity index (χ2v) is 14.5. The van der Waals surface area contributed by atoms with Crippen LogP contribution in [0.5, 0.6) is 0 Å². The number of nitrogens with zero attached hydrogens (tertiary/aromatic N) is 4. The Morgan fingerprint density at radius 3 is 1.28 bits per heavy atom. The first-order chi connectivity index (χ1) is 28.3. The highest BCUT2D eigenvalue weighted by Crippen LogP contribution is 2.55. The average Bonchev–Trinajstić information content (AvgIpc) is 3.59. The van der Waals surface area contributed by atoms with Crippen LogP contribution < -0.4 is 0 Å². The van der Waals surface area contributed by atoms with Crippen molar-refractivity contribution in [1.29, 1.82) is 0 Å². The molecule has 0 fully saturated rings. The average molecular weight is 727 g/mol. The van der Waals surface area contributed by atoms with Crippen molar-refractivity contribution in [3.8, 4) is 56.4 Å². The van der Waals surface area contributed by atoms with Gasteiger partial charge >= 0.3 is 0 Å². The van der Waals surface area contributed by atoms with Gasteiger partial charge < -0.3 is 0 Å². The van der Waals surface area contributed by atoms with Gasteiger partial charge in [-0.1, -0.05) is 194 Å². The summed E-state index contributed by atoms with van der Waals surface area (Å²) < 4.78 is 0. The standard InChI is InChI=1S/C53H34N4/c1-5-19-35(20-6-1)46-33-47(36-21-7-2-8-22-36)56-52(55-46)49-42-30-15-13-28-40(42)48(41-29-14-16-31-43(41)49)51-54-34-44-39-27-17-18-32-45(39)53(50(44)57-51,37-23-9-3-10-24-37)38-25-11-4-12-26-38/h1-34H. The number of benzene rings is 8. The summed E-state index contributed by atoms with van der Waals surface area (Å²) >= 11 is 0. The highest BCUT2D eigenvalue weighted by atomic mass is 14.9. The molecular formula is C53H34N4. The van der Waals surface area contributed by atoms with Crippen LogP contribution in [0.4, 0.5) is 0 Å². The Kier molecular flexibility index (Phi) is 7.68. The van der Waals surface area contributed by atoms with E-state index in [2.05, 4.69) is 188 Å². The minimum absolute atomic E-state index is 0.642. The first kappa shape index (κ1) is 32.8. The van der Waals surface area contributed by atoms with Crippen molar-refractivity contribution in [1.82, 2.24) is 19.9 Å². The third-order valence-electron chi connectivity index (χ3n) is 11.4. The van der Waals surface area contributed by atoms with Gasteiger partial charge in [0.25, 0.3) is 0 Å². The minimum Gasteiger partial charge on any atom is -0.236 e. The van der Waals surface area contributed by atoms with Crippen molar-refractivity contribution in [3.63, 3.8) is 0 Å². The number of hydrogen-bond acceptors (Lipinski definition) is 4. The molecule has 1 aliphatic rings. The van der Waals surface area contributed by atoms with Gasteiger partial charge in [-0.3, -0.25) is 0 Å². The van der Waals surface area contributed by atoms with E-state index in [0.29, 0.717) is 11.6 Å². The molecule has 0 radical (unpaired) electrons. The topological polar surface area (TPSA) is 51.6 Å². The van der Waals surface area contributed by atoms with Crippen LogP contribution in [0.1, 0.15) is 22.4 Å². The van der Waals surface area contributed by atoms with Crippen molar-refractivity contribution in [2.45, 2.75) is 5.41 Å². The molecule has 11 rings (SSSR count). The van der Waals surface area contributed by atoms with Gasteiger partial charge in [0.1, 0.15) is 0 Å². The van der Waals surface area contributed by atoms with Crippen LogP contribution in [0.25, 0.3) is 78.0 Å². The summed E-state index contributed by atoms with van der Waals surface area (Å²) in [6.07, 6.45) is 2.04. The summed E-state index contributed by atoms with van der Waals surface area (Å²) in [6, 6.07) is 70.2. The fraction of sp³-hybridized carbons (Fsp3) is 0.0189. The van der Waals surface area contributed by atoms with Crippen LogP contribution in [0, 0.1) is 0 Å². The molecule has 0 N–H and O–H groups in total. The summed E-state index contributed by atoms with van der Waals surface area (Å²) in [6.45, 7) is 0. The third-order valence-corrected chi connectivity index (χ3v) is 11.4. The van der Waals surface area contributed by atoms with Crippen LogP contribution in [-0.4, -0.2) is 19.9 Å². The van der Waals surface area contributed by atoms with Crippen molar-refractivity contribution >= 4 is 21.5 Å². The van der Waals surface area contributed by atoms with Crippen molar-refractivity contribution in [2.24, 2.45) is 0 Å². The Morgan fingerprint density at radius 1 is 0.351 bits per heavy atom. The third kappa shape index (κ3) is 5.15. The maximum Gasteiger partial charge on any atom is 0.161 e. The van der Waals surface area contributed by atoms with Gasteiger partial charge in [-0.15, -0.1) is 0 Å². The molecule has 0 saturated carbocycles. The Morgan fingerprint density at radius 2 is 0.772 bits per heavy atom. The van der Waals surface area contributed by atoms with Gasteiger partial charge in [0.15, 0.2) is 11.6 Å². The lowest BCUT2D eigenvalue weighted by atomic mass is 9.69. The SMILES string of the molecule is c1ccc(-c2cc(-c3ccccc3)nc(-c3c4ccccc4c(-c4ncc5c(n4)C(c4ccccc4)(c4ccccc4)c4ccccc4-5)c4ccccc34)n2)cc1. The lowest BCUT2D eigenvalue weighted by Crippen LogP contribution is -2.29. The van der Waals surface area contributed by atoms with Gasteiger partial charge in [-0.2, -0.15) is 0 Å². The normalized spacial score (nSPS) is 12.7. The summed E-state index contributed by atoms with van der Waals surface area (Å²) in [5.41, 5.74) is 11.9. The van der Waals surface area contributed by atoms with Crippen LogP contribution in [0.3, 0.4) is 0 Å². The first-order valence-corrected chi connectivity index (χ1v) is 19.3. The molecule has 0 bridgehead atoms. The van der Waals surface area contributed by atoms with E-state index in [-0.39, 0.29) is 0 Å². The van der Waals surface area contributed by atoms with Crippen LogP contribution in [0.2, 0.25) is 0 Å². The Bertz CT molecular complexity index is 2950. The van der Waals surface area contributed by atoms with Gasteiger partial charge in [0.2, 0.25) is 0 Å². The van der Waals surface area contributed by atoms with E-state index in [1.54, 1.807) is 0 Å². The smallest absolute Gasteiger partial charge is 0.161 e. The zero-order valence-corrected chi connectivity index (χ0v) is 30.9. The molecule has 1 aliphatic carbocycles. The largest absolute Gasteiger partial charge is 0.236 e. The van der Waals surface area contributed by atoms with Crippen molar-refractivity contribution < 1.29 is 0 Å². The maximum atomic E-state index is 5.71. The number of hydrogen-bond donors (Lipinski definition) is 0. The molecule has 0 aliphatic heterocycles. The molecule has 10 aromatic rings. The highest BCUT2D eigenvalue weighted by Gasteiger charge is 2.48. The predicted octanol–water partition coefficient (Wildman–Crippen LogP) is 12.6. The predicted molar refractivity (Wildman–Crippen MR) is 232 cm³/mol. The molecule has 0 atom stereocenters. The van der Waals surface area contributed by atoms with E-state index in [1.807, 2.05) is 18.3 Å². The minimum atomic E-state index is -0.642. The monoisotopic (exact) mass is 726 g/mol. The van der Waals surface area contributed by atoms with E-state index in [4.69, 9.17) is 19.9 Å². The Balaban J connectivity index is 1.20. The molecule has 4 nitrogen and oxygen atoms in total. The number of aromatic nitrogens is 4.